The van der Waals surface area contributed by atoms with Crippen LogP contribution in [0.25, 0.3) is 0 Å². The van der Waals surface area contributed by atoms with Gasteiger partial charge in [-0.15, -0.1) is 0 Å². The van der Waals surface area contributed by atoms with Gasteiger partial charge in [-0.05, 0) is 30.7 Å². The molecule has 3 N–H and O–H groups in total. The Morgan fingerprint density at radius 2 is 1.91 bits per heavy atom. The quantitative estimate of drug-likeness (QED) is 0.817. The predicted molar refractivity (Wildman–Crippen MR) is 91.5 cm³/mol. The lowest BCUT2D eigenvalue weighted by molar-refractivity contribution is -0.682. The summed E-state index contributed by atoms with van der Waals surface area (Å²) in [6, 6.07) is 15.5. The SMILES string of the molecule is COc1ccc(CNC(=O)C[NH2+][C@H](C)c2ccccc2Cl)cc1. The molecule has 2 aromatic rings. The molecular formula is C18H22ClN2O2+. The Morgan fingerprint density at radius 3 is 2.57 bits per heavy atom. The van der Waals surface area contributed by atoms with Crippen LogP contribution in [0.1, 0.15) is 24.1 Å². The van der Waals surface area contributed by atoms with Crippen LogP contribution < -0.4 is 15.4 Å². The van der Waals surface area contributed by atoms with Gasteiger partial charge in [-0.1, -0.05) is 41.9 Å². The molecule has 0 unspecified atom stereocenters. The molecule has 122 valence electrons. The minimum atomic E-state index is -0.000258. The first-order valence-corrected chi connectivity index (χ1v) is 7.95. The third-order valence-corrected chi connectivity index (χ3v) is 4.05. The van der Waals surface area contributed by atoms with E-state index in [-0.39, 0.29) is 11.9 Å². The summed E-state index contributed by atoms with van der Waals surface area (Å²) in [4.78, 5) is 12.0. The van der Waals surface area contributed by atoms with Gasteiger partial charge in [0.1, 0.15) is 11.8 Å². The van der Waals surface area contributed by atoms with E-state index in [2.05, 4.69) is 5.32 Å². The third-order valence-electron chi connectivity index (χ3n) is 3.70. The largest absolute Gasteiger partial charge is 0.497 e. The second-order valence-corrected chi connectivity index (χ2v) is 5.78. The fraction of sp³-hybridized carbons (Fsp3) is 0.278. The number of ether oxygens (including phenoxy) is 1. The highest BCUT2D eigenvalue weighted by atomic mass is 35.5. The number of carbonyl (C=O) groups is 1. The topological polar surface area (TPSA) is 54.9 Å². The van der Waals surface area contributed by atoms with E-state index in [9.17, 15) is 4.79 Å². The van der Waals surface area contributed by atoms with Gasteiger partial charge >= 0.3 is 0 Å². The van der Waals surface area contributed by atoms with Gasteiger partial charge in [0.05, 0.1) is 7.11 Å². The molecule has 1 atom stereocenters. The molecule has 5 heteroatoms. The fourth-order valence-electron chi connectivity index (χ4n) is 2.27. The second-order valence-electron chi connectivity index (χ2n) is 5.37. The van der Waals surface area contributed by atoms with Crippen molar-refractivity contribution >= 4 is 17.5 Å². The van der Waals surface area contributed by atoms with Gasteiger partial charge < -0.3 is 15.4 Å². The number of benzene rings is 2. The van der Waals surface area contributed by atoms with Gasteiger partial charge in [0.15, 0.2) is 6.54 Å². The van der Waals surface area contributed by atoms with Crippen LogP contribution in [-0.4, -0.2) is 19.6 Å². The van der Waals surface area contributed by atoms with Crippen LogP contribution in [-0.2, 0) is 11.3 Å². The molecule has 4 nitrogen and oxygen atoms in total. The number of nitrogens with two attached hydrogens (primary N) is 1. The van der Waals surface area contributed by atoms with Crippen molar-refractivity contribution in [2.75, 3.05) is 13.7 Å². The summed E-state index contributed by atoms with van der Waals surface area (Å²) in [6.07, 6.45) is 0. The van der Waals surface area contributed by atoms with Gasteiger partial charge in [-0.2, -0.15) is 0 Å². The van der Waals surface area contributed by atoms with Crippen molar-refractivity contribution in [1.29, 1.82) is 0 Å². The zero-order chi connectivity index (χ0) is 16.7. The van der Waals surface area contributed by atoms with E-state index in [1.165, 1.54) is 0 Å². The molecule has 1 amide bonds. The lowest BCUT2D eigenvalue weighted by atomic mass is 10.1. The summed E-state index contributed by atoms with van der Waals surface area (Å²) in [7, 11) is 1.63. The Kier molecular flexibility index (Phi) is 6.44. The average molecular weight is 334 g/mol. The summed E-state index contributed by atoms with van der Waals surface area (Å²) in [6.45, 7) is 2.91. The smallest absolute Gasteiger partial charge is 0.275 e. The number of carbonyl (C=O) groups excluding carboxylic acids is 1. The van der Waals surface area contributed by atoms with Crippen LogP contribution in [0.5, 0.6) is 5.75 Å². The van der Waals surface area contributed by atoms with Crippen LogP contribution in [0.2, 0.25) is 5.02 Å². The molecule has 0 saturated carbocycles. The maximum atomic E-state index is 12.0. The van der Waals surface area contributed by atoms with E-state index in [0.717, 1.165) is 21.9 Å². The van der Waals surface area contributed by atoms with Gasteiger partial charge in [-0.3, -0.25) is 4.79 Å². The molecule has 0 aliphatic rings. The molecule has 0 bridgehead atoms. The Balaban J connectivity index is 1.77. The first kappa shape index (κ1) is 17.3. The van der Waals surface area contributed by atoms with Crippen LogP contribution >= 0.6 is 11.6 Å². The van der Waals surface area contributed by atoms with Crippen LogP contribution in [0.3, 0.4) is 0 Å². The third kappa shape index (κ3) is 5.27. The Morgan fingerprint density at radius 1 is 1.22 bits per heavy atom. The van der Waals surface area contributed by atoms with Crippen molar-refractivity contribution in [1.82, 2.24) is 5.32 Å². The molecule has 23 heavy (non-hydrogen) atoms. The molecule has 0 aliphatic carbocycles. The minimum absolute atomic E-state index is 0.000258. The zero-order valence-electron chi connectivity index (χ0n) is 13.4. The fourth-order valence-corrected chi connectivity index (χ4v) is 2.58. The minimum Gasteiger partial charge on any atom is -0.497 e. The van der Waals surface area contributed by atoms with Crippen LogP contribution in [0.15, 0.2) is 48.5 Å². The molecule has 0 spiro atoms. The molecule has 0 aliphatic heterocycles. The monoisotopic (exact) mass is 333 g/mol. The Bertz CT molecular complexity index is 644. The normalized spacial score (nSPS) is 11.8. The molecule has 0 aromatic heterocycles. The highest BCUT2D eigenvalue weighted by Gasteiger charge is 2.13. The number of hydrogen-bond donors (Lipinski definition) is 2. The van der Waals surface area contributed by atoms with Gasteiger partial charge in [0.25, 0.3) is 5.91 Å². The Labute approximate surface area is 141 Å². The van der Waals surface area contributed by atoms with Crippen molar-refractivity contribution in [2.24, 2.45) is 0 Å². The van der Waals surface area contributed by atoms with Crippen LogP contribution in [0, 0.1) is 0 Å². The lowest BCUT2D eigenvalue weighted by Crippen LogP contribution is -2.87. The zero-order valence-corrected chi connectivity index (χ0v) is 14.1. The number of nitrogens with one attached hydrogen (secondary N) is 1. The van der Waals surface area contributed by atoms with Crippen molar-refractivity contribution in [2.45, 2.75) is 19.5 Å². The van der Waals surface area contributed by atoms with E-state index in [1.54, 1.807) is 7.11 Å². The van der Waals surface area contributed by atoms with E-state index in [0.29, 0.717) is 13.1 Å². The molecule has 2 rings (SSSR count). The summed E-state index contributed by atoms with van der Waals surface area (Å²) in [5.74, 6) is 0.807. The molecule has 0 heterocycles. The lowest BCUT2D eigenvalue weighted by Gasteiger charge is -2.12. The van der Waals surface area contributed by atoms with E-state index >= 15 is 0 Å². The maximum Gasteiger partial charge on any atom is 0.275 e. The van der Waals surface area contributed by atoms with Crippen molar-refractivity contribution < 1.29 is 14.8 Å². The number of methoxy groups -OCH3 is 1. The number of amides is 1. The van der Waals surface area contributed by atoms with Crippen molar-refractivity contribution in [3.8, 4) is 5.75 Å². The summed E-state index contributed by atoms with van der Waals surface area (Å²) in [5.41, 5.74) is 2.08. The van der Waals surface area contributed by atoms with Crippen molar-refractivity contribution in [3.05, 3.63) is 64.7 Å². The average Bonchev–Trinajstić information content (AvgIpc) is 2.58. The second kappa shape index (κ2) is 8.56. The first-order chi connectivity index (χ1) is 11.1. The molecule has 2 aromatic carbocycles. The van der Waals surface area contributed by atoms with Gasteiger partial charge in [0.2, 0.25) is 0 Å². The summed E-state index contributed by atoms with van der Waals surface area (Å²) < 4.78 is 5.11. The number of rotatable bonds is 7. The van der Waals surface area contributed by atoms with Crippen LogP contribution in [0.4, 0.5) is 0 Å². The molecule has 0 saturated heterocycles. The highest BCUT2D eigenvalue weighted by molar-refractivity contribution is 6.31. The first-order valence-electron chi connectivity index (χ1n) is 7.57. The van der Waals surface area contributed by atoms with Gasteiger partial charge in [0, 0.05) is 17.1 Å². The number of halogens is 1. The molecule has 0 radical (unpaired) electrons. The van der Waals surface area contributed by atoms with Gasteiger partial charge in [-0.25, -0.2) is 0 Å². The Hall–Kier alpha value is -2.04. The number of hydrogen-bond acceptors (Lipinski definition) is 2. The maximum absolute atomic E-state index is 12.0. The number of quaternary nitrogens is 1. The van der Waals surface area contributed by atoms with Crippen molar-refractivity contribution in [3.63, 3.8) is 0 Å². The highest BCUT2D eigenvalue weighted by Crippen LogP contribution is 2.19. The van der Waals surface area contributed by atoms with E-state index in [4.69, 9.17) is 16.3 Å². The summed E-state index contributed by atoms with van der Waals surface area (Å²) >= 11 is 6.17. The molecule has 0 fully saturated rings. The standard InChI is InChI=1S/C18H21ClN2O2/c1-13(16-5-3-4-6-17(16)19)20-12-18(22)21-11-14-7-9-15(23-2)10-8-14/h3-10,13,20H,11-12H2,1-2H3,(H,21,22)/p+1/t13-/m1/s1. The predicted octanol–water partition coefficient (Wildman–Crippen LogP) is 2.29. The summed E-state index contributed by atoms with van der Waals surface area (Å²) in [5, 5.41) is 5.62. The van der Waals surface area contributed by atoms with E-state index in [1.807, 2.05) is 60.8 Å². The van der Waals surface area contributed by atoms with E-state index < -0.39 is 0 Å². The molecular weight excluding hydrogens is 312 g/mol.